The Kier molecular flexibility index (Phi) is 7.41. The number of hydrogen-bond donors (Lipinski definition) is 0. The van der Waals surface area contributed by atoms with E-state index < -0.39 is 18.6 Å². The Morgan fingerprint density at radius 3 is 2.20 bits per heavy atom. The Bertz CT molecular complexity index is 1360. The van der Waals surface area contributed by atoms with Crippen LogP contribution in [0.2, 0.25) is 0 Å². The van der Waals surface area contributed by atoms with Crippen LogP contribution >= 0.6 is 0 Å². The Balaban J connectivity index is 1.51. The van der Waals surface area contributed by atoms with Gasteiger partial charge < -0.3 is 4.74 Å². The number of hydrogen-bond acceptors (Lipinski definition) is 1. The third-order valence-corrected chi connectivity index (χ3v) is 5.66. The Morgan fingerprint density at radius 2 is 1.51 bits per heavy atom. The van der Waals surface area contributed by atoms with Gasteiger partial charge in [-0.2, -0.15) is 13.2 Å². The monoisotopic (exact) mass is 476 g/mol. The van der Waals surface area contributed by atoms with Gasteiger partial charge in [0.05, 0.1) is 5.56 Å². The van der Waals surface area contributed by atoms with Crippen molar-refractivity contribution in [3.05, 3.63) is 101 Å². The van der Waals surface area contributed by atoms with Gasteiger partial charge in [-0.3, -0.25) is 0 Å². The molecule has 4 aromatic carbocycles. The number of alkyl halides is 3. The summed E-state index contributed by atoms with van der Waals surface area (Å²) in [7, 11) is 0. The molecule has 0 unspecified atom stereocenters. The molecule has 0 saturated carbocycles. The molecule has 0 bridgehead atoms. The van der Waals surface area contributed by atoms with Crippen molar-refractivity contribution >= 4 is 10.8 Å². The maximum absolute atomic E-state index is 15.1. The van der Waals surface area contributed by atoms with Gasteiger partial charge in [0.25, 0.3) is 0 Å². The molecule has 0 aliphatic heterocycles. The summed E-state index contributed by atoms with van der Waals surface area (Å²) in [6.07, 6.45) is -0.996. The highest BCUT2D eigenvalue weighted by Gasteiger charge is 2.28. The Morgan fingerprint density at radius 1 is 0.800 bits per heavy atom. The van der Waals surface area contributed by atoms with Crippen molar-refractivity contribution in [3.63, 3.8) is 0 Å². The first-order chi connectivity index (χ1) is 16.8. The lowest BCUT2D eigenvalue weighted by Gasteiger charge is -2.08. The molecule has 35 heavy (non-hydrogen) atoms. The average Bonchev–Trinajstić information content (AvgIpc) is 2.86. The van der Waals surface area contributed by atoms with Crippen molar-refractivity contribution in [3.8, 4) is 28.7 Å². The van der Waals surface area contributed by atoms with Crippen LogP contribution in [0.4, 0.5) is 17.6 Å². The van der Waals surface area contributed by atoms with Gasteiger partial charge in [0.2, 0.25) is 0 Å². The average molecular weight is 477 g/mol. The zero-order chi connectivity index (χ0) is 24.8. The minimum absolute atomic E-state index is 0.0937. The van der Waals surface area contributed by atoms with Gasteiger partial charge in [-0.1, -0.05) is 67.6 Å². The number of unbranched alkanes of at least 4 members (excludes halogenated alkanes) is 1. The highest BCUT2D eigenvalue weighted by atomic mass is 19.4. The standard InChI is InChI=1S/C30H24F4O/c1-2-3-4-21-5-10-23(11-6-21)25-15-18-28-26(19-25)14-13-24(29(28)31)12-7-22-8-16-27(17-9-22)35-20-30(32,33)34/h5-6,8-11,13-19H,2-4,20H2,1H3. The number of fused-ring (bicyclic) bond motifs is 1. The van der Waals surface area contributed by atoms with Crippen molar-refractivity contribution in [2.75, 3.05) is 6.61 Å². The molecule has 0 atom stereocenters. The minimum atomic E-state index is -4.40. The molecule has 0 heterocycles. The highest BCUT2D eigenvalue weighted by molar-refractivity contribution is 5.89. The van der Waals surface area contributed by atoms with Crippen LogP contribution in [-0.2, 0) is 6.42 Å². The van der Waals surface area contributed by atoms with E-state index >= 15 is 4.39 Å². The van der Waals surface area contributed by atoms with Gasteiger partial charge in [0.1, 0.15) is 11.6 Å². The predicted octanol–water partition coefficient (Wildman–Crippen LogP) is 8.33. The molecule has 0 N–H and O–H groups in total. The van der Waals surface area contributed by atoms with Crippen LogP contribution in [0.15, 0.2) is 78.9 Å². The Hall–Kier alpha value is -3.78. The molecule has 0 amide bonds. The fourth-order valence-corrected chi connectivity index (χ4v) is 3.75. The van der Waals surface area contributed by atoms with Crippen molar-refractivity contribution in [2.24, 2.45) is 0 Å². The second kappa shape index (κ2) is 10.7. The van der Waals surface area contributed by atoms with E-state index in [1.54, 1.807) is 12.1 Å². The number of rotatable bonds is 6. The fourth-order valence-electron chi connectivity index (χ4n) is 3.75. The number of aryl methyl sites for hydroxylation is 1. The van der Waals surface area contributed by atoms with E-state index in [4.69, 9.17) is 0 Å². The van der Waals surface area contributed by atoms with E-state index in [0.717, 1.165) is 29.4 Å². The summed E-state index contributed by atoms with van der Waals surface area (Å²) in [4.78, 5) is 0. The van der Waals surface area contributed by atoms with Crippen LogP contribution in [0, 0.1) is 17.7 Å². The molecule has 0 radical (unpaired) electrons. The third-order valence-electron chi connectivity index (χ3n) is 5.66. The summed E-state index contributed by atoms with van der Waals surface area (Å²) < 4.78 is 56.6. The lowest BCUT2D eigenvalue weighted by Crippen LogP contribution is -2.19. The van der Waals surface area contributed by atoms with Gasteiger partial charge in [-0.05, 0) is 71.3 Å². The maximum atomic E-state index is 15.1. The van der Waals surface area contributed by atoms with Crippen molar-refractivity contribution in [1.82, 2.24) is 0 Å². The van der Waals surface area contributed by atoms with E-state index in [2.05, 4.69) is 47.8 Å². The van der Waals surface area contributed by atoms with E-state index in [-0.39, 0.29) is 11.3 Å². The zero-order valence-electron chi connectivity index (χ0n) is 19.3. The van der Waals surface area contributed by atoms with Gasteiger partial charge in [-0.15, -0.1) is 0 Å². The molecule has 1 nitrogen and oxygen atoms in total. The molecular formula is C30H24F4O. The van der Waals surface area contributed by atoms with E-state index in [0.29, 0.717) is 10.9 Å². The summed E-state index contributed by atoms with van der Waals surface area (Å²) in [5.41, 5.74) is 4.21. The van der Waals surface area contributed by atoms with Crippen LogP contribution in [0.1, 0.15) is 36.5 Å². The molecule has 0 fully saturated rings. The summed E-state index contributed by atoms with van der Waals surface area (Å²) in [6.45, 7) is 0.823. The first-order valence-corrected chi connectivity index (χ1v) is 11.5. The highest BCUT2D eigenvalue weighted by Crippen LogP contribution is 2.28. The molecule has 4 rings (SSSR count). The van der Waals surface area contributed by atoms with Crippen LogP contribution in [-0.4, -0.2) is 12.8 Å². The summed E-state index contributed by atoms with van der Waals surface area (Å²) in [6, 6.07) is 23.5. The fraction of sp³-hybridized carbons (Fsp3) is 0.200. The SMILES string of the molecule is CCCCc1ccc(-c2ccc3c(F)c(C#Cc4ccc(OCC(F)(F)F)cc4)ccc3c2)cc1. The van der Waals surface area contributed by atoms with Gasteiger partial charge in [0, 0.05) is 10.9 Å². The van der Waals surface area contributed by atoms with Gasteiger partial charge >= 0.3 is 6.18 Å². The smallest absolute Gasteiger partial charge is 0.422 e. The van der Waals surface area contributed by atoms with Crippen LogP contribution < -0.4 is 4.74 Å². The Labute approximate surface area is 202 Å². The van der Waals surface area contributed by atoms with Gasteiger partial charge in [0.15, 0.2) is 6.61 Å². The lowest BCUT2D eigenvalue weighted by atomic mass is 9.98. The molecule has 0 aliphatic carbocycles. The predicted molar refractivity (Wildman–Crippen MR) is 132 cm³/mol. The van der Waals surface area contributed by atoms with E-state index in [1.165, 1.54) is 36.2 Å². The molecule has 5 heteroatoms. The largest absolute Gasteiger partial charge is 0.484 e. The molecule has 0 aromatic heterocycles. The quantitative estimate of drug-likeness (QED) is 0.201. The molecule has 178 valence electrons. The molecule has 0 saturated heterocycles. The van der Waals surface area contributed by atoms with Crippen molar-refractivity contribution < 1.29 is 22.3 Å². The summed E-state index contributed by atoms with van der Waals surface area (Å²) in [5.74, 6) is 5.37. The van der Waals surface area contributed by atoms with Crippen LogP contribution in [0.25, 0.3) is 21.9 Å². The third kappa shape index (κ3) is 6.42. The maximum Gasteiger partial charge on any atom is 0.422 e. The first-order valence-electron chi connectivity index (χ1n) is 11.5. The molecule has 4 aromatic rings. The van der Waals surface area contributed by atoms with Gasteiger partial charge in [-0.25, -0.2) is 4.39 Å². The second-order valence-electron chi connectivity index (χ2n) is 8.34. The lowest BCUT2D eigenvalue weighted by molar-refractivity contribution is -0.153. The van der Waals surface area contributed by atoms with Crippen molar-refractivity contribution in [1.29, 1.82) is 0 Å². The second-order valence-corrected chi connectivity index (χ2v) is 8.34. The van der Waals surface area contributed by atoms with Crippen molar-refractivity contribution in [2.45, 2.75) is 32.4 Å². The minimum Gasteiger partial charge on any atom is -0.484 e. The van der Waals surface area contributed by atoms with Crippen LogP contribution in [0.3, 0.4) is 0 Å². The topological polar surface area (TPSA) is 9.23 Å². The van der Waals surface area contributed by atoms with E-state index in [9.17, 15) is 13.2 Å². The van der Waals surface area contributed by atoms with Crippen LogP contribution in [0.5, 0.6) is 5.75 Å². The number of halogens is 4. The normalized spacial score (nSPS) is 11.2. The van der Waals surface area contributed by atoms with E-state index in [1.807, 2.05) is 18.2 Å². The summed E-state index contributed by atoms with van der Waals surface area (Å²) >= 11 is 0. The molecule has 0 spiro atoms. The zero-order valence-corrected chi connectivity index (χ0v) is 19.3. The number of ether oxygens (including phenoxy) is 1. The number of benzene rings is 4. The first kappa shape index (κ1) is 24.3. The molecular weight excluding hydrogens is 452 g/mol. The molecule has 0 aliphatic rings. The summed E-state index contributed by atoms with van der Waals surface area (Å²) in [5, 5.41) is 1.27.